The maximum absolute atomic E-state index is 12.0. The molecule has 0 radical (unpaired) electrons. The lowest BCUT2D eigenvalue weighted by molar-refractivity contribution is -0.202. The Morgan fingerprint density at radius 2 is 1.95 bits per heavy atom. The lowest BCUT2D eigenvalue weighted by Gasteiger charge is -2.27. The molecule has 7 nitrogen and oxygen atoms in total. The van der Waals surface area contributed by atoms with Crippen molar-refractivity contribution in [3.05, 3.63) is 0 Å². The van der Waals surface area contributed by atoms with Crippen LogP contribution < -0.4 is 0 Å². The summed E-state index contributed by atoms with van der Waals surface area (Å²) in [6.45, 7) is 1.32. The number of hydrogen-bond donors (Lipinski definition) is 2. The fraction of sp³-hybridized carbons (Fsp3) is 0.750. The Balaban J connectivity index is 2.69. The van der Waals surface area contributed by atoms with Gasteiger partial charge in [-0.2, -0.15) is 12.6 Å². The highest BCUT2D eigenvalue weighted by Gasteiger charge is 2.37. The summed E-state index contributed by atoms with van der Waals surface area (Å²) in [5, 5.41) is 9.71. The Morgan fingerprint density at radius 1 is 1.40 bits per heavy atom. The van der Waals surface area contributed by atoms with Gasteiger partial charge in [0, 0.05) is 25.9 Å². The molecule has 3 unspecified atom stereocenters. The lowest BCUT2D eigenvalue weighted by Crippen LogP contribution is -2.40. The molecule has 0 bridgehead atoms. The third kappa shape index (κ3) is 3.71. The van der Waals surface area contributed by atoms with Gasteiger partial charge in [-0.15, -0.1) is 5.06 Å². The van der Waals surface area contributed by atoms with Gasteiger partial charge in [0.05, 0.1) is 18.6 Å². The summed E-state index contributed by atoms with van der Waals surface area (Å²) in [7, 11) is 1.42. The maximum atomic E-state index is 12.0. The molecule has 1 saturated heterocycles. The molecule has 2 amide bonds. The highest BCUT2D eigenvalue weighted by Crippen LogP contribution is 2.23. The van der Waals surface area contributed by atoms with Crippen LogP contribution >= 0.6 is 12.6 Å². The topological polar surface area (TPSA) is 93.1 Å². The molecule has 1 N–H and O–H groups in total. The van der Waals surface area contributed by atoms with Crippen LogP contribution in [0.2, 0.25) is 0 Å². The zero-order chi connectivity index (χ0) is 15.3. The molecule has 0 aromatic carbocycles. The summed E-state index contributed by atoms with van der Waals surface area (Å²) in [6, 6.07) is 0. The van der Waals surface area contributed by atoms with E-state index >= 15 is 0 Å². The van der Waals surface area contributed by atoms with E-state index in [-0.39, 0.29) is 25.2 Å². The Morgan fingerprint density at radius 3 is 2.35 bits per heavy atom. The molecular formula is C12H19NO6S. The standard InChI is InChI=1S/C12H19NO6S/c1-7(8(6-20)9(5-14)18-2)12(17)19-13-10(15)3-4-11(13)16/h7-9,14,20H,3-6H2,1-2H3. The van der Waals surface area contributed by atoms with Crippen molar-refractivity contribution in [2.24, 2.45) is 11.8 Å². The number of ether oxygens (including phenoxy) is 1. The molecule has 1 rings (SSSR count). The molecule has 1 heterocycles. The molecule has 8 heteroatoms. The first kappa shape index (κ1) is 16.9. The van der Waals surface area contributed by atoms with Crippen molar-refractivity contribution in [1.29, 1.82) is 0 Å². The van der Waals surface area contributed by atoms with Crippen molar-refractivity contribution in [3.63, 3.8) is 0 Å². The smallest absolute Gasteiger partial charge is 0.336 e. The second kappa shape index (κ2) is 7.61. The number of hydroxylamine groups is 2. The van der Waals surface area contributed by atoms with Gasteiger partial charge >= 0.3 is 5.97 Å². The highest BCUT2D eigenvalue weighted by molar-refractivity contribution is 7.80. The zero-order valence-corrected chi connectivity index (χ0v) is 12.3. The number of hydrogen-bond acceptors (Lipinski definition) is 7. The maximum Gasteiger partial charge on any atom is 0.336 e. The number of methoxy groups -OCH3 is 1. The lowest BCUT2D eigenvalue weighted by atomic mass is 9.90. The molecule has 0 aromatic rings. The fourth-order valence-electron chi connectivity index (χ4n) is 1.99. The number of nitrogens with zero attached hydrogens (tertiary/aromatic N) is 1. The molecule has 0 aromatic heterocycles. The SMILES string of the molecule is COC(CO)C(CS)C(C)C(=O)ON1C(=O)CCC1=O. The first-order valence-corrected chi connectivity index (χ1v) is 6.91. The van der Waals surface area contributed by atoms with Crippen LogP contribution in [-0.2, 0) is 24.0 Å². The molecule has 1 aliphatic rings. The minimum Gasteiger partial charge on any atom is -0.394 e. The highest BCUT2D eigenvalue weighted by atomic mass is 32.1. The first-order valence-electron chi connectivity index (χ1n) is 6.28. The summed E-state index contributed by atoms with van der Waals surface area (Å²) >= 11 is 4.13. The van der Waals surface area contributed by atoms with E-state index in [1.165, 1.54) is 7.11 Å². The van der Waals surface area contributed by atoms with Crippen molar-refractivity contribution in [3.8, 4) is 0 Å². The van der Waals surface area contributed by atoms with Gasteiger partial charge < -0.3 is 14.7 Å². The summed E-state index contributed by atoms with van der Waals surface area (Å²) in [6.07, 6.45) is -0.471. The van der Waals surface area contributed by atoms with Crippen LogP contribution in [0, 0.1) is 11.8 Å². The predicted octanol–water partition coefficient (Wildman–Crippen LogP) is -0.217. The number of thiol groups is 1. The number of rotatable bonds is 7. The van der Waals surface area contributed by atoms with Crippen molar-refractivity contribution in [2.45, 2.75) is 25.9 Å². The number of amides is 2. The molecule has 114 valence electrons. The normalized spacial score (nSPS) is 19.9. The fourth-order valence-corrected chi connectivity index (χ4v) is 2.54. The number of carbonyl (C=O) groups excluding carboxylic acids is 3. The molecule has 1 aliphatic heterocycles. The van der Waals surface area contributed by atoms with Crippen LogP contribution in [-0.4, -0.2) is 53.5 Å². The molecule has 0 saturated carbocycles. The summed E-state index contributed by atoms with van der Waals surface area (Å²) in [4.78, 5) is 39.6. The Bertz CT molecular complexity index is 368. The number of aliphatic hydroxyl groups is 1. The number of aliphatic hydroxyl groups excluding tert-OH is 1. The summed E-state index contributed by atoms with van der Waals surface area (Å²) in [5.41, 5.74) is 0. The number of carbonyl (C=O) groups is 3. The third-order valence-electron chi connectivity index (χ3n) is 3.37. The van der Waals surface area contributed by atoms with Crippen LogP contribution in [0.3, 0.4) is 0 Å². The van der Waals surface area contributed by atoms with Crippen molar-refractivity contribution in [2.75, 3.05) is 19.5 Å². The minimum absolute atomic E-state index is 0.0494. The van der Waals surface area contributed by atoms with Crippen LogP contribution in [0.5, 0.6) is 0 Å². The zero-order valence-electron chi connectivity index (χ0n) is 11.4. The molecule has 3 atom stereocenters. The quantitative estimate of drug-likeness (QED) is 0.499. The van der Waals surface area contributed by atoms with Gasteiger partial charge in [0.1, 0.15) is 0 Å². The number of imide groups is 1. The Kier molecular flexibility index (Phi) is 6.44. The first-order chi connectivity index (χ1) is 9.46. The summed E-state index contributed by atoms with van der Waals surface area (Å²) < 4.78 is 5.08. The molecule has 20 heavy (non-hydrogen) atoms. The molecular weight excluding hydrogens is 286 g/mol. The van der Waals surface area contributed by atoms with E-state index in [4.69, 9.17) is 9.57 Å². The van der Waals surface area contributed by atoms with Crippen molar-refractivity contribution in [1.82, 2.24) is 5.06 Å². The van der Waals surface area contributed by atoms with Crippen LogP contribution in [0.1, 0.15) is 19.8 Å². The Hall–Kier alpha value is -1.12. The van der Waals surface area contributed by atoms with Crippen molar-refractivity contribution >= 4 is 30.4 Å². The van der Waals surface area contributed by atoms with Gasteiger partial charge in [0.15, 0.2) is 0 Å². The van der Waals surface area contributed by atoms with Crippen LogP contribution in [0.25, 0.3) is 0 Å². The van der Waals surface area contributed by atoms with Crippen LogP contribution in [0.4, 0.5) is 0 Å². The van der Waals surface area contributed by atoms with Crippen LogP contribution in [0.15, 0.2) is 0 Å². The van der Waals surface area contributed by atoms with Gasteiger partial charge in [0.25, 0.3) is 11.8 Å². The van der Waals surface area contributed by atoms with Gasteiger partial charge in [-0.05, 0) is 5.75 Å². The van der Waals surface area contributed by atoms with Gasteiger partial charge in [-0.25, -0.2) is 4.79 Å². The van der Waals surface area contributed by atoms with Gasteiger partial charge in [0.2, 0.25) is 0 Å². The van der Waals surface area contributed by atoms with E-state index < -0.39 is 35.7 Å². The third-order valence-corrected chi connectivity index (χ3v) is 3.79. The van der Waals surface area contributed by atoms with Crippen molar-refractivity contribution < 1.29 is 29.1 Å². The second-order valence-corrected chi connectivity index (χ2v) is 4.95. The van der Waals surface area contributed by atoms with E-state index in [1.54, 1.807) is 6.92 Å². The van der Waals surface area contributed by atoms with E-state index in [1.807, 2.05) is 0 Å². The van der Waals surface area contributed by atoms with E-state index in [0.29, 0.717) is 5.06 Å². The second-order valence-electron chi connectivity index (χ2n) is 4.58. The minimum atomic E-state index is -0.719. The average Bonchev–Trinajstić information content (AvgIpc) is 2.75. The Labute approximate surface area is 122 Å². The average molecular weight is 305 g/mol. The molecule has 0 spiro atoms. The van der Waals surface area contributed by atoms with E-state index in [0.717, 1.165) is 0 Å². The van der Waals surface area contributed by atoms with Gasteiger partial charge in [-0.1, -0.05) is 6.92 Å². The van der Waals surface area contributed by atoms with E-state index in [9.17, 15) is 19.5 Å². The monoisotopic (exact) mass is 305 g/mol. The predicted molar refractivity (Wildman–Crippen MR) is 71.6 cm³/mol. The van der Waals surface area contributed by atoms with E-state index in [2.05, 4.69) is 12.6 Å². The molecule has 1 fully saturated rings. The molecule has 0 aliphatic carbocycles. The van der Waals surface area contributed by atoms with Gasteiger partial charge in [-0.3, -0.25) is 9.59 Å². The largest absolute Gasteiger partial charge is 0.394 e. The summed E-state index contributed by atoms with van der Waals surface area (Å²) in [5.74, 6) is -2.55.